The summed E-state index contributed by atoms with van der Waals surface area (Å²) in [6.45, 7) is 2.19. The number of nitrogens with one attached hydrogen (secondary N) is 2. The molecule has 2 amide bonds. The average molecular weight is 357 g/mol. The number of phenolic OH excluding ortho intramolecular Hbond substituents is 1. The van der Waals surface area contributed by atoms with Crippen LogP contribution in [0.2, 0.25) is 0 Å². The Morgan fingerprint density at radius 3 is 2.69 bits per heavy atom. The summed E-state index contributed by atoms with van der Waals surface area (Å²) in [5.41, 5.74) is 2.84. The van der Waals surface area contributed by atoms with Crippen molar-refractivity contribution >= 4 is 23.7 Å². The number of ether oxygens (including phenoxy) is 2. The molecule has 0 bridgehead atoms. The Kier molecular flexibility index (Phi) is 6.55. The standard InChI is InChI=1S/C18H19N3O5/c1-3-26-15-9-4-6-12(16(15)22)11-19-21-18(24)17(23)20-13-7-5-8-14(10-13)25-2/h4-11,22H,3H2,1-2H3,(H,20,23)(H,21,24)/b19-11-. The van der Waals surface area contributed by atoms with Crippen LogP contribution >= 0.6 is 0 Å². The number of aromatic hydroxyl groups is 1. The number of benzene rings is 2. The van der Waals surface area contributed by atoms with E-state index in [9.17, 15) is 14.7 Å². The van der Waals surface area contributed by atoms with Crippen molar-refractivity contribution in [3.05, 3.63) is 48.0 Å². The van der Waals surface area contributed by atoms with Crippen LogP contribution in [0.1, 0.15) is 12.5 Å². The van der Waals surface area contributed by atoms with Crippen molar-refractivity contribution in [1.29, 1.82) is 0 Å². The number of hydrogen-bond acceptors (Lipinski definition) is 6. The van der Waals surface area contributed by atoms with E-state index in [-0.39, 0.29) is 5.75 Å². The molecule has 0 aromatic heterocycles. The number of hydrazone groups is 1. The van der Waals surface area contributed by atoms with Crippen molar-refractivity contribution in [2.45, 2.75) is 6.92 Å². The minimum atomic E-state index is -0.954. The van der Waals surface area contributed by atoms with Crippen LogP contribution in [0.15, 0.2) is 47.6 Å². The van der Waals surface area contributed by atoms with Crippen molar-refractivity contribution in [1.82, 2.24) is 5.43 Å². The monoisotopic (exact) mass is 357 g/mol. The third-order valence-corrected chi connectivity index (χ3v) is 3.23. The molecule has 0 aliphatic heterocycles. The van der Waals surface area contributed by atoms with Gasteiger partial charge >= 0.3 is 11.8 Å². The Balaban J connectivity index is 1.96. The summed E-state index contributed by atoms with van der Waals surface area (Å²) in [5.74, 6) is -1.09. The first-order valence-corrected chi connectivity index (χ1v) is 7.78. The van der Waals surface area contributed by atoms with Crippen LogP contribution in [0.3, 0.4) is 0 Å². The molecule has 8 nitrogen and oxygen atoms in total. The molecular weight excluding hydrogens is 338 g/mol. The summed E-state index contributed by atoms with van der Waals surface area (Å²) in [7, 11) is 1.50. The minimum Gasteiger partial charge on any atom is -0.504 e. The van der Waals surface area contributed by atoms with Gasteiger partial charge in [-0.25, -0.2) is 5.43 Å². The van der Waals surface area contributed by atoms with Gasteiger partial charge in [0.2, 0.25) is 0 Å². The SMILES string of the molecule is CCOc1cccc(/C=N\NC(=O)C(=O)Nc2cccc(OC)c2)c1O. The topological polar surface area (TPSA) is 109 Å². The molecular formula is C18H19N3O5. The van der Waals surface area contributed by atoms with E-state index < -0.39 is 11.8 Å². The number of phenols is 1. The zero-order chi connectivity index (χ0) is 18.9. The van der Waals surface area contributed by atoms with E-state index in [1.54, 1.807) is 49.4 Å². The van der Waals surface area contributed by atoms with Gasteiger partial charge in [-0.3, -0.25) is 9.59 Å². The molecule has 0 unspecified atom stereocenters. The summed E-state index contributed by atoms with van der Waals surface area (Å²) >= 11 is 0. The molecule has 0 saturated carbocycles. The Bertz CT molecular complexity index is 820. The van der Waals surface area contributed by atoms with Gasteiger partial charge in [-0.05, 0) is 31.2 Å². The largest absolute Gasteiger partial charge is 0.504 e. The first-order chi connectivity index (χ1) is 12.5. The van der Waals surface area contributed by atoms with E-state index >= 15 is 0 Å². The van der Waals surface area contributed by atoms with E-state index in [1.165, 1.54) is 13.3 Å². The third-order valence-electron chi connectivity index (χ3n) is 3.23. The smallest absolute Gasteiger partial charge is 0.329 e. The lowest BCUT2D eigenvalue weighted by Gasteiger charge is -2.07. The Morgan fingerprint density at radius 1 is 1.19 bits per heavy atom. The second-order valence-corrected chi connectivity index (χ2v) is 5.01. The van der Waals surface area contributed by atoms with Crippen LogP contribution in [-0.4, -0.2) is 36.9 Å². The number of rotatable bonds is 6. The van der Waals surface area contributed by atoms with Crippen LogP contribution in [0.5, 0.6) is 17.2 Å². The fourth-order valence-electron chi connectivity index (χ4n) is 2.02. The molecule has 3 N–H and O–H groups in total. The minimum absolute atomic E-state index is 0.104. The van der Waals surface area contributed by atoms with Gasteiger partial charge in [0.15, 0.2) is 11.5 Å². The van der Waals surface area contributed by atoms with Gasteiger partial charge < -0.3 is 19.9 Å². The van der Waals surface area contributed by atoms with Gasteiger partial charge in [0.05, 0.1) is 19.9 Å². The second-order valence-electron chi connectivity index (χ2n) is 5.01. The van der Waals surface area contributed by atoms with Crippen LogP contribution in [0.4, 0.5) is 5.69 Å². The molecule has 8 heteroatoms. The molecule has 2 rings (SSSR count). The zero-order valence-electron chi connectivity index (χ0n) is 14.4. The Labute approximate surface area is 150 Å². The maximum absolute atomic E-state index is 11.9. The van der Waals surface area contributed by atoms with Crippen molar-refractivity contribution in [2.75, 3.05) is 19.0 Å². The van der Waals surface area contributed by atoms with Gasteiger partial charge in [0, 0.05) is 17.3 Å². The normalized spacial score (nSPS) is 10.4. The van der Waals surface area contributed by atoms with E-state index in [2.05, 4.69) is 15.8 Å². The fourth-order valence-corrected chi connectivity index (χ4v) is 2.02. The predicted molar refractivity (Wildman–Crippen MR) is 96.6 cm³/mol. The van der Waals surface area contributed by atoms with Gasteiger partial charge in [-0.15, -0.1) is 0 Å². The molecule has 0 fully saturated rings. The summed E-state index contributed by atoms with van der Waals surface area (Å²) in [6.07, 6.45) is 1.22. The number of carbonyl (C=O) groups excluding carboxylic acids is 2. The maximum Gasteiger partial charge on any atom is 0.329 e. The molecule has 136 valence electrons. The summed E-state index contributed by atoms with van der Waals surface area (Å²) in [5, 5.41) is 16.1. The van der Waals surface area contributed by atoms with Crippen molar-refractivity contribution in [3.63, 3.8) is 0 Å². The van der Waals surface area contributed by atoms with Crippen LogP contribution < -0.4 is 20.2 Å². The summed E-state index contributed by atoms with van der Waals surface area (Å²) < 4.78 is 10.3. The number of hydrogen-bond donors (Lipinski definition) is 3. The molecule has 2 aromatic carbocycles. The quantitative estimate of drug-likeness (QED) is 0.415. The molecule has 0 spiro atoms. The highest BCUT2D eigenvalue weighted by molar-refractivity contribution is 6.39. The molecule has 0 radical (unpaired) electrons. The highest BCUT2D eigenvalue weighted by Crippen LogP contribution is 2.28. The number of nitrogens with zero attached hydrogens (tertiary/aromatic N) is 1. The van der Waals surface area contributed by atoms with Crippen LogP contribution in [-0.2, 0) is 9.59 Å². The van der Waals surface area contributed by atoms with Crippen molar-refractivity contribution in [2.24, 2.45) is 5.10 Å². The molecule has 0 aliphatic rings. The van der Waals surface area contributed by atoms with E-state index in [4.69, 9.17) is 9.47 Å². The predicted octanol–water partition coefficient (Wildman–Crippen LogP) is 1.89. The lowest BCUT2D eigenvalue weighted by molar-refractivity contribution is -0.136. The number of methoxy groups -OCH3 is 1. The van der Waals surface area contributed by atoms with E-state index in [0.29, 0.717) is 29.4 Å². The Morgan fingerprint density at radius 2 is 1.96 bits per heavy atom. The lowest BCUT2D eigenvalue weighted by atomic mass is 10.2. The third kappa shape index (κ3) is 4.97. The molecule has 26 heavy (non-hydrogen) atoms. The first-order valence-electron chi connectivity index (χ1n) is 7.78. The number of amides is 2. The molecule has 0 aliphatic carbocycles. The van der Waals surface area contributed by atoms with Gasteiger partial charge in [-0.1, -0.05) is 12.1 Å². The number of para-hydroxylation sites is 1. The van der Waals surface area contributed by atoms with E-state index in [0.717, 1.165) is 0 Å². The average Bonchev–Trinajstić information content (AvgIpc) is 2.64. The van der Waals surface area contributed by atoms with E-state index in [1.807, 2.05) is 0 Å². The summed E-state index contributed by atoms with van der Waals surface area (Å²) in [6, 6.07) is 11.4. The molecule has 0 heterocycles. The molecule has 2 aromatic rings. The van der Waals surface area contributed by atoms with Gasteiger partial charge in [-0.2, -0.15) is 5.10 Å². The number of anilines is 1. The first kappa shape index (κ1) is 18.8. The Hall–Kier alpha value is -3.55. The molecule has 0 atom stereocenters. The van der Waals surface area contributed by atoms with Gasteiger partial charge in [0.25, 0.3) is 0 Å². The lowest BCUT2D eigenvalue weighted by Crippen LogP contribution is -2.32. The number of carbonyl (C=O) groups is 2. The molecule has 0 saturated heterocycles. The highest BCUT2D eigenvalue weighted by atomic mass is 16.5. The van der Waals surface area contributed by atoms with Crippen molar-refractivity contribution < 1.29 is 24.2 Å². The van der Waals surface area contributed by atoms with Crippen molar-refractivity contribution in [3.8, 4) is 17.2 Å². The maximum atomic E-state index is 11.9. The van der Waals surface area contributed by atoms with Crippen LogP contribution in [0, 0.1) is 0 Å². The second kappa shape index (κ2) is 9.07. The summed E-state index contributed by atoms with van der Waals surface area (Å²) in [4.78, 5) is 23.6. The van der Waals surface area contributed by atoms with Crippen LogP contribution in [0.25, 0.3) is 0 Å². The highest BCUT2D eigenvalue weighted by Gasteiger charge is 2.13. The fraction of sp³-hybridized carbons (Fsp3) is 0.167. The van der Waals surface area contributed by atoms with Gasteiger partial charge in [0.1, 0.15) is 5.75 Å². The zero-order valence-corrected chi connectivity index (χ0v) is 14.4.